The number of thiazole rings is 1. The lowest BCUT2D eigenvalue weighted by atomic mass is 10.0. The Hall–Kier alpha value is -2.30. The third-order valence-electron chi connectivity index (χ3n) is 3.74. The van der Waals surface area contributed by atoms with Crippen molar-refractivity contribution in [2.24, 2.45) is 0 Å². The fraction of sp³-hybridized carbons (Fsp3) is 0. The predicted octanol–water partition coefficient (Wildman–Crippen LogP) is 6.30. The summed E-state index contributed by atoms with van der Waals surface area (Å²) >= 11 is 5.09. The third-order valence-corrected chi connectivity index (χ3v) is 5.07. The van der Waals surface area contributed by atoms with Gasteiger partial charge in [-0.3, -0.25) is 4.98 Å². The molecule has 0 radical (unpaired) electrons. The minimum absolute atomic E-state index is 0.962. The van der Waals surface area contributed by atoms with Crippen molar-refractivity contribution in [3.63, 3.8) is 0 Å². The number of halogens is 1. The molecule has 116 valence electrons. The monoisotopic (exact) mass is 392 g/mol. The van der Waals surface area contributed by atoms with Crippen LogP contribution in [0.1, 0.15) is 0 Å². The van der Waals surface area contributed by atoms with Crippen LogP contribution >= 0.6 is 27.3 Å². The van der Waals surface area contributed by atoms with E-state index in [2.05, 4.69) is 74.8 Å². The van der Waals surface area contributed by atoms with Gasteiger partial charge in [-0.2, -0.15) is 0 Å². The second-order valence-corrected chi connectivity index (χ2v) is 7.15. The first-order valence-electron chi connectivity index (χ1n) is 7.52. The van der Waals surface area contributed by atoms with E-state index in [1.807, 2.05) is 18.3 Å². The number of pyridine rings is 1. The van der Waals surface area contributed by atoms with E-state index in [9.17, 15) is 0 Å². The number of hydrogen-bond donors (Lipinski definition) is 0. The first kappa shape index (κ1) is 15.2. The van der Waals surface area contributed by atoms with Crippen molar-refractivity contribution in [1.29, 1.82) is 0 Å². The molecular formula is C20H13BrN2S. The van der Waals surface area contributed by atoms with E-state index in [1.54, 1.807) is 17.5 Å². The van der Waals surface area contributed by atoms with Gasteiger partial charge in [-0.1, -0.05) is 54.6 Å². The van der Waals surface area contributed by atoms with Crippen LogP contribution in [0, 0.1) is 0 Å². The maximum Gasteiger partial charge on any atom is 0.125 e. The van der Waals surface area contributed by atoms with Crippen molar-refractivity contribution in [3.05, 3.63) is 82.9 Å². The van der Waals surface area contributed by atoms with Crippen LogP contribution in [0.15, 0.2) is 82.9 Å². The van der Waals surface area contributed by atoms with Gasteiger partial charge in [0.2, 0.25) is 0 Å². The molecule has 2 aromatic carbocycles. The van der Waals surface area contributed by atoms with Crippen LogP contribution in [0.25, 0.3) is 33.0 Å². The molecular weight excluding hydrogens is 380 g/mol. The molecule has 0 aliphatic rings. The minimum atomic E-state index is 0.962. The van der Waals surface area contributed by atoms with Gasteiger partial charge >= 0.3 is 0 Å². The van der Waals surface area contributed by atoms with Crippen molar-refractivity contribution < 1.29 is 0 Å². The van der Waals surface area contributed by atoms with Crippen molar-refractivity contribution >= 4 is 27.3 Å². The highest BCUT2D eigenvalue weighted by Gasteiger charge is 2.08. The number of nitrogens with zero attached hydrogens (tertiary/aromatic N) is 2. The van der Waals surface area contributed by atoms with Crippen molar-refractivity contribution in [2.75, 3.05) is 0 Å². The maximum absolute atomic E-state index is 4.75. The Morgan fingerprint density at radius 1 is 0.750 bits per heavy atom. The molecule has 0 unspecified atom stereocenters. The second kappa shape index (κ2) is 6.67. The van der Waals surface area contributed by atoms with E-state index in [0.717, 1.165) is 26.3 Å². The highest BCUT2D eigenvalue weighted by molar-refractivity contribution is 9.10. The second-order valence-electron chi connectivity index (χ2n) is 5.37. The lowest BCUT2D eigenvalue weighted by Crippen LogP contribution is -1.82. The van der Waals surface area contributed by atoms with Gasteiger partial charge in [-0.15, -0.1) is 11.3 Å². The summed E-state index contributed by atoms with van der Waals surface area (Å²) in [6, 6.07) is 21.0. The number of benzene rings is 2. The lowest BCUT2D eigenvalue weighted by Gasteiger charge is -2.03. The number of rotatable bonds is 3. The molecule has 2 aromatic heterocycles. The molecule has 4 rings (SSSR count). The van der Waals surface area contributed by atoms with Gasteiger partial charge in [-0.05, 0) is 33.1 Å². The highest BCUT2D eigenvalue weighted by Crippen LogP contribution is 2.30. The van der Waals surface area contributed by atoms with Gasteiger partial charge in [0.05, 0.1) is 5.69 Å². The summed E-state index contributed by atoms with van der Waals surface area (Å²) in [4.78, 5) is 8.96. The van der Waals surface area contributed by atoms with Gasteiger partial charge in [0.1, 0.15) is 5.01 Å². The zero-order chi connectivity index (χ0) is 16.4. The standard InChI is InChI=1S/C20H13BrN2S/c21-18-10-17(11-22-12-18)20-23-19(13-24-20)16-8-6-15(7-9-16)14-4-2-1-3-5-14/h1-13H. The van der Waals surface area contributed by atoms with Crippen LogP contribution in [0.2, 0.25) is 0 Å². The Balaban J connectivity index is 1.63. The summed E-state index contributed by atoms with van der Waals surface area (Å²) in [5.74, 6) is 0. The van der Waals surface area contributed by atoms with Gasteiger partial charge in [0, 0.05) is 33.4 Å². The molecule has 0 bridgehead atoms. The molecule has 0 spiro atoms. The molecule has 0 aliphatic heterocycles. The van der Waals surface area contributed by atoms with Gasteiger partial charge in [0.15, 0.2) is 0 Å². The molecule has 4 aromatic rings. The van der Waals surface area contributed by atoms with E-state index >= 15 is 0 Å². The molecule has 2 nitrogen and oxygen atoms in total. The zero-order valence-electron chi connectivity index (χ0n) is 12.7. The van der Waals surface area contributed by atoms with Crippen molar-refractivity contribution in [1.82, 2.24) is 9.97 Å². The fourth-order valence-electron chi connectivity index (χ4n) is 2.53. The molecule has 2 heterocycles. The summed E-state index contributed by atoms with van der Waals surface area (Å²) in [6.45, 7) is 0. The largest absolute Gasteiger partial charge is 0.263 e. The Bertz CT molecular complexity index is 962. The lowest BCUT2D eigenvalue weighted by molar-refractivity contribution is 1.30. The fourth-order valence-corrected chi connectivity index (χ4v) is 3.71. The van der Waals surface area contributed by atoms with Crippen LogP contribution in [0.3, 0.4) is 0 Å². The van der Waals surface area contributed by atoms with E-state index in [4.69, 9.17) is 4.98 Å². The van der Waals surface area contributed by atoms with E-state index in [1.165, 1.54) is 11.1 Å². The van der Waals surface area contributed by atoms with E-state index in [0.29, 0.717) is 0 Å². The van der Waals surface area contributed by atoms with Gasteiger partial charge in [-0.25, -0.2) is 4.98 Å². The minimum Gasteiger partial charge on any atom is -0.263 e. The molecule has 24 heavy (non-hydrogen) atoms. The molecule has 4 heteroatoms. The van der Waals surface area contributed by atoms with Crippen LogP contribution < -0.4 is 0 Å². The normalized spacial score (nSPS) is 10.7. The summed E-state index contributed by atoms with van der Waals surface area (Å²) < 4.78 is 0.962. The average molecular weight is 393 g/mol. The van der Waals surface area contributed by atoms with Gasteiger partial charge < -0.3 is 0 Å². The van der Waals surface area contributed by atoms with Crippen LogP contribution in [0.5, 0.6) is 0 Å². The van der Waals surface area contributed by atoms with Crippen LogP contribution in [-0.2, 0) is 0 Å². The number of hydrogen-bond acceptors (Lipinski definition) is 3. The molecule has 0 fully saturated rings. The quantitative estimate of drug-likeness (QED) is 0.408. The Labute approximate surface area is 153 Å². The predicted molar refractivity (Wildman–Crippen MR) is 104 cm³/mol. The first-order chi connectivity index (χ1) is 11.8. The Morgan fingerprint density at radius 3 is 2.21 bits per heavy atom. The van der Waals surface area contributed by atoms with Crippen molar-refractivity contribution in [3.8, 4) is 33.0 Å². The third kappa shape index (κ3) is 3.16. The topological polar surface area (TPSA) is 25.8 Å². The Kier molecular flexibility index (Phi) is 4.24. The van der Waals surface area contributed by atoms with E-state index in [-0.39, 0.29) is 0 Å². The average Bonchev–Trinajstić information content (AvgIpc) is 3.13. The smallest absolute Gasteiger partial charge is 0.125 e. The maximum atomic E-state index is 4.75. The molecule has 0 amide bonds. The highest BCUT2D eigenvalue weighted by atomic mass is 79.9. The summed E-state index contributed by atoms with van der Waals surface area (Å²) in [5, 5.41) is 3.07. The molecule has 0 aliphatic carbocycles. The molecule has 0 N–H and O–H groups in total. The van der Waals surface area contributed by atoms with Crippen molar-refractivity contribution in [2.45, 2.75) is 0 Å². The molecule has 0 saturated carbocycles. The molecule has 0 atom stereocenters. The van der Waals surface area contributed by atoms with Gasteiger partial charge in [0.25, 0.3) is 0 Å². The summed E-state index contributed by atoms with van der Waals surface area (Å²) in [6.07, 6.45) is 3.62. The van der Waals surface area contributed by atoms with Crippen LogP contribution in [0.4, 0.5) is 0 Å². The SMILES string of the molecule is Brc1cncc(-c2nc(-c3ccc(-c4ccccc4)cc3)cs2)c1. The Morgan fingerprint density at radius 2 is 1.46 bits per heavy atom. The summed E-state index contributed by atoms with van der Waals surface area (Å²) in [5.41, 5.74) is 5.59. The number of aromatic nitrogens is 2. The summed E-state index contributed by atoms with van der Waals surface area (Å²) in [7, 11) is 0. The molecule has 0 saturated heterocycles. The first-order valence-corrected chi connectivity index (χ1v) is 9.19. The van der Waals surface area contributed by atoms with E-state index < -0.39 is 0 Å². The zero-order valence-corrected chi connectivity index (χ0v) is 15.1. The van der Waals surface area contributed by atoms with Crippen LogP contribution in [-0.4, -0.2) is 9.97 Å².